The summed E-state index contributed by atoms with van der Waals surface area (Å²) in [5.41, 5.74) is 9.91. The topological polar surface area (TPSA) is 83.9 Å². The first-order chi connectivity index (χ1) is 16.0. The van der Waals surface area contributed by atoms with E-state index < -0.39 is 0 Å². The van der Waals surface area contributed by atoms with Crippen LogP contribution in [0.15, 0.2) is 71.2 Å². The molecule has 0 aliphatic rings. The van der Waals surface area contributed by atoms with E-state index in [4.69, 9.17) is 33.8 Å². The Labute approximate surface area is 207 Å². The first-order valence-electron chi connectivity index (χ1n) is 9.93. The molecule has 0 aliphatic heterocycles. The summed E-state index contributed by atoms with van der Waals surface area (Å²) in [6.45, 7) is 0.0329. The first kappa shape index (κ1) is 21.6. The van der Waals surface area contributed by atoms with Crippen LogP contribution in [0.1, 0.15) is 0 Å². The number of nitrogens with one attached hydrogen (secondary N) is 3. The van der Waals surface area contributed by atoms with Gasteiger partial charge < -0.3 is 9.88 Å². The van der Waals surface area contributed by atoms with Gasteiger partial charge in [0.1, 0.15) is 12.1 Å². The van der Waals surface area contributed by atoms with Crippen LogP contribution in [0.4, 0.5) is 5.69 Å². The number of fused-ring (bicyclic) bond motifs is 4. The lowest BCUT2D eigenvalue weighted by Crippen LogP contribution is -2.45. The highest BCUT2D eigenvalue weighted by Gasteiger charge is 2.17. The molecule has 164 valence electrons. The number of thiocarbonyl (C=S) groups is 1. The Balaban J connectivity index is 1.40. The van der Waals surface area contributed by atoms with Crippen LogP contribution < -0.4 is 16.2 Å². The number of rotatable bonds is 3. The molecule has 1 amide bonds. The summed E-state index contributed by atoms with van der Waals surface area (Å²) in [5, 5.41) is 4.78. The van der Waals surface area contributed by atoms with Crippen LogP contribution in [-0.4, -0.2) is 25.6 Å². The molecular formula is C23H16BrClN6OS. The van der Waals surface area contributed by atoms with Gasteiger partial charge in [0, 0.05) is 20.6 Å². The highest BCUT2D eigenvalue weighted by molar-refractivity contribution is 9.10. The van der Waals surface area contributed by atoms with E-state index >= 15 is 0 Å². The number of hydrogen-bond donors (Lipinski definition) is 3. The van der Waals surface area contributed by atoms with E-state index in [0.717, 1.165) is 37.6 Å². The summed E-state index contributed by atoms with van der Waals surface area (Å²) >= 11 is 14.7. The van der Waals surface area contributed by atoms with Crippen molar-refractivity contribution >= 4 is 89.6 Å². The van der Waals surface area contributed by atoms with Gasteiger partial charge in [0.25, 0.3) is 5.91 Å². The lowest BCUT2D eigenvalue weighted by Gasteiger charge is -2.12. The predicted molar refractivity (Wildman–Crippen MR) is 139 cm³/mol. The Morgan fingerprint density at radius 1 is 1.00 bits per heavy atom. The second-order valence-electron chi connectivity index (χ2n) is 7.27. The highest BCUT2D eigenvalue weighted by atomic mass is 79.9. The second-order valence-corrected chi connectivity index (χ2v) is 9.03. The van der Waals surface area contributed by atoms with Crippen LogP contribution >= 0.6 is 39.7 Å². The van der Waals surface area contributed by atoms with E-state index in [2.05, 4.69) is 32.1 Å². The quantitative estimate of drug-likeness (QED) is 0.217. The molecule has 0 radical (unpaired) electrons. The molecule has 0 bridgehead atoms. The molecule has 0 spiro atoms. The minimum Gasteiger partial charge on any atom is -0.331 e. The minimum absolute atomic E-state index is 0.0329. The maximum absolute atomic E-state index is 12.8. The second kappa shape index (κ2) is 8.93. The van der Waals surface area contributed by atoms with Gasteiger partial charge in [-0.15, -0.1) is 0 Å². The molecule has 2 aromatic heterocycles. The number of hydrazine groups is 1. The van der Waals surface area contributed by atoms with Crippen molar-refractivity contribution in [2.24, 2.45) is 0 Å². The van der Waals surface area contributed by atoms with Crippen LogP contribution in [0.25, 0.3) is 33.1 Å². The predicted octanol–water partition coefficient (Wildman–Crippen LogP) is 5.17. The Morgan fingerprint density at radius 2 is 1.73 bits per heavy atom. The lowest BCUT2D eigenvalue weighted by molar-refractivity contribution is -0.122. The van der Waals surface area contributed by atoms with Gasteiger partial charge in [0.2, 0.25) is 0 Å². The van der Waals surface area contributed by atoms with Crippen LogP contribution in [0, 0.1) is 0 Å². The Kier molecular flexibility index (Phi) is 5.84. The van der Waals surface area contributed by atoms with Crippen molar-refractivity contribution < 1.29 is 4.79 Å². The van der Waals surface area contributed by atoms with E-state index in [-0.39, 0.29) is 17.6 Å². The molecule has 3 N–H and O–H groups in total. The molecule has 5 aromatic rings. The highest BCUT2D eigenvalue weighted by Crippen LogP contribution is 2.30. The molecule has 0 unspecified atom stereocenters. The largest absolute Gasteiger partial charge is 0.331 e. The average molecular weight is 540 g/mol. The number of hydrogen-bond acceptors (Lipinski definition) is 4. The monoisotopic (exact) mass is 538 g/mol. The number of anilines is 1. The fraction of sp³-hybridized carbons (Fsp3) is 0.0435. The zero-order valence-corrected chi connectivity index (χ0v) is 20.1. The van der Waals surface area contributed by atoms with Gasteiger partial charge in [0.05, 0.1) is 16.6 Å². The summed E-state index contributed by atoms with van der Waals surface area (Å²) in [6.07, 6.45) is 0. The van der Waals surface area contributed by atoms with E-state index in [1.165, 1.54) is 0 Å². The molecule has 3 aromatic carbocycles. The fourth-order valence-corrected chi connectivity index (χ4v) is 4.23. The number of para-hydroxylation sites is 2. The van der Waals surface area contributed by atoms with Crippen molar-refractivity contribution in [2.75, 3.05) is 5.32 Å². The van der Waals surface area contributed by atoms with E-state index in [1.807, 2.05) is 47.0 Å². The third-order valence-corrected chi connectivity index (χ3v) is 5.98. The SMILES string of the molecule is O=C(Cn1c2ccc(Br)cc2c2nc3ccccc3nc21)NNC(=S)Nc1ccc(Cl)cc1. The lowest BCUT2D eigenvalue weighted by atomic mass is 10.2. The van der Waals surface area contributed by atoms with Crippen molar-refractivity contribution in [3.8, 4) is 0 Å². The third-order valence-electron chi connectivity index (χ3n) is 5.03. The molecule has 0 fully saturated rings. The zero-order chi connectivity index (χ0) is 22.9. The van der Waals surface area contributed by atoms with Gasteiger partial charge in [-0.1, -0.05) is 39.7 Å². The van der Waals surface area contributed by atoms with Gasteiger partial charge in [-0.25, -0.2) is 9.97 Å². The molecule has 5 rings (SSSR count). The van der Waals surface area contributed by atoms with Crippen molar-refractivity contribution in [3.05, 3.63) is 76.2 Å². The number of nitrogens with zero attached hydrogens (tertiary/aromatic N) is 3. The molecule has 2 heterocycles. The first-order valence-corrected chi connectivity index (χ1v) is 11.5. The van der Waals surface area contributed by atoms with E-state index in [1.54, 1.807) is 24.3 Å². The normalized spacial score (nSPS) is 11.1. The molecule has 10 heteroatoms. The minimum atomic E-state index is -0.285. The number of carbonyl (C=O) groups excluding carboxylic acids is 1. The van der Waals surface area contributed by atoms with Crippen LogP contribution in [0.2, 0.25) is 5.02 Å². The summed E-state index contributed by atoms with van der Waals surface area (Å²) in [6, 6.07) is 20.6. The molecular weight excluding hydrogens is 524 g/mol. The van der Waals surface area contributed by atoms with Gasteiger partial charge in [-0.05, 0) is 66.8 Å². The summed E-state index contributed by atoms with van der Waals surface area (Å²) in [7, 11) is 0. The van der Waals surface area contributed by atoms with Crippen LogP contribution in [0.3, 0.4) is 0 Å². The number of carbonyl (C=O) groups is 1. The third kappa shape index (κ3) is 4.47. The fourth-order valence-electron chi connectivity index (χ4n) is 3.57. The maximum Gasteiger partial charge on any atom is 0.258 e. The molecule has 33 heavy (non-hydrogen) atoms. The summed E-state index contributed by atoms with van der Waals surface area (Å²) in [5.74, 6) is -0.285. The van der Waals surface area contributed by atoms with Crippen LogP contribution in [0.5, 0.6) is 0 Å². The zero-order valence-electron chi connectivity index (χ0n) is 17.0. The number of benzene rings is 3. The Bertz CT molecular complexity index is 1540. The van der Waals surface area contributed by atoms with E-state index in [0.29, 0.717) is 10.7 Å². The summed E-state index contributed by atoms with van der Waals surface area (Å²) in [4.78, 5) is 22.4. The van der Waals surface area contributed by atoms with Crippen molar-refractivity contribution in [3.63, 3.8) is 0 Å². The van der Waals surface area contributed by atoms with Crippen molar-refractivity contribution in [2.45, 2.75) is 6.54 Å². The number of halogens is 2. The Morgan fingerprint density at radius 3 is 2.48 bits per heavy atom. The van der Waals surface area contributed by atoms with Gasteiger partial charge >= 0.3 is 0 Å². The van der Waals surface area contributed by atoms with Gasteiger partial charge in [0.15, 0.2) is 10.8 Å². The molecule has 0 atom stereocenters. The van der Waals surface area contributed by atoms with Crippen molar-refractivity contribution in [1.29, 1.82) is 0 Å². The average Bonchev–Trinajstić information content (AvgIpc) is 3.09. The molecule has 0 saturated heterocycles. The van der Waals surface area contributed by atoms with E-state index in [9.17, 15) is 4.79 Å². The Hall–Kier alpha value is -3.27. The number of aromatic nitrogens is 3. The standard InChI is InChI=1S/C23H16BrClN6OS/c24-13-5-10-19-16(11-13)21-22(28-18-4-2-1-3-17(18)27-21)31(19)12-20(32)29-30-23(33)26-15-8-6-14(25)7-9-15/h1-11H,12H2,(H,29,32)(H2,26,30,33). The molecule has 0 aliphatic carbocycles. The van der Waals surface area contributed by atoms with Crippen molar-refractivity contribution in [1.82, 2.24) is 25.4 Å². The maximum atomic E-state index is 12.8. The summed E-state index contributed by atoms with van der Waals surface area (Å²) < 4.78 is 2.78. The number of amides is 1. The van der Waals surface area contributed by atoms with Gasteiger partial charge in [-0.3, -0.25) is 15.6 Å². The molecule has 7 nitrogen and oxygen atoms in total. The smallest absolute Gasteiger partial charge is 0.258 e. The van der Waals surface area contributed by atoms with Gasteiger partial charge in [-0.2, -0.15) is 0 Å². The molecule has 0 saturated carbocycles. The van der Waals surface area contributed by atoms with Crippen LogP contribution in [-0.2, 0) is 11.3 Å².